The highest BCUT2D eigenvalue weighted by molar-refractivity contribution is 7.91. The fourth-order valence-electron chi connectivity index (χ4n) is 4.06. The third kappa shape index (κ3) is 4.08. The van der Waals surface area contributed by atoms with Gasteiger partial charge in [0.25, 0.3) is 5.91 Å². The summed E-state index contributed by atoms with van der Waals surface area (Å²) in [7, 11) is -0.420. The summed E-state index contributed by atoms with van der Waals surface area (Å²) in [4.78, 5) is 12.9. The SMILES string of the molecule is COc1ccc(-c2cc3c(S(=O)(=O)c4ccccc4)cc(NC(=O)c4ccco4)cc3n2C)cc1. The van der Waals surface area contributed by atoms with Gasteiger partial charge in [-0.2, -0.15) is 0 Å². The van der Waals surface area contributed by atoms with Crippen LogP contribution < -0.4 is 10.1 Å². The summed E-state index contributed by atoms with van der Waals surface area (Å²) in [5.41, 5.74) is 2.72. The topological polar surface area (TPSA) is 90.5 Å². The predicted molar refractivity (Wildman–Crippen MR) is 133 cm³/mol. The van der Waals surface area contributed by atoms with Crippen LogP contribution in [0.25, 0.3) is 22.2 Å². The number of benzene rings is 3. The van der Waals surface area contributed by atoms with Crippen molar-refractivity contribution in [3.05, 3.63) is 97.0 Å². The molecule has 0 unspecified atom stereocenters. The average Bonchev–Trinajstić information content (AvgIpc) is 3.53. The van der Waals surface area contributed by atoms with Gasteiger partial charge in [-0.3, -0.25) is 4.79 Å². The molecule has 7 nitrogen and oxygen atoms in total. The van der Waals surface area contributed by atoms with Crippen LogP contribution >= 0.6 is 0 Å². The van der Waals surface area contributed by atoms with Gasteiger partial charge in [-0.1, -0.05) is 18.2 Å². The number of sulfone groups is 1. The van der Waals surface area contributed by atoms with E-state index in [0.717, 1.165) is 17.0 Å². The molecule has 0 radical (unpaired) electrons. The average molecular weight is 487 g/mol. The molecule has 0 spiro atoms. The van der Waals surface area contributed by atoms with Crippen molar-refractivity contribution in [3.8, 4) is 17.0 Å². The zero-order valence-electron chi connectivity index (χ0n) is 19.1. The van der Waals surface area contributed by atoms with Crippen molar-refractivity contribution in [2.75, 3.05) is 12.4 Å². The molecule has 0 fully saturated rings. The Hall–Kier alpha value is -4.30. The molecule has 1 amide bonds. The third-order valence-corrected chi connectivity index (χ3v) is 7.67. The normalized spacial score (nSPS) is 11.5. The Morgan fingerprint density at radius 1 is 0.943 bits per heavy atom. The first kappa shape index (κ1) is 22.5. The molecule has 5 aromatic rings. The van der Waals surface area contributed by atoms with E-state index < -0.39 is 15.7 Å². The standard InChI is InChI=1S/C27H22N2O5S/c1-29-23(18-10-12-20(33-2)13-11-18)17-22-24(29)15-19(28-27(30)25-9-6-14-34-25)16-26(22)35(31,32)21-7-4-3-5-8-21/h3-17H,1-2H3,(H,28,30). The Morgan fingerprint density at radius 3 is 2.34 bits per heavy atom. The van der Waals surface area contributed by atoms with Gasteiger partial charge in [0, 0.05) is 23.8 Å². The quantitative estimate of drug-likeness (QED) is 0.341. The number of anilines is 1. The second kappa shape index (κ2) is 8.81. The van der Waals surface area contributed by atoms with E-state index >= 15 is 0 Å². The number of ether oxygens (including phenoxy) is 1. The summed E-state index contributed by atoms with van der Waals surface area (Å²) < 4.78 is 39.7. The molecule has 1 N–H and O–H groups in total. The molecule has 0 saturated heterocycles. The van der Waals surface area contributed by atoms with Gasteiger partial charge < -0.3 is 19.0 Å². The van der Waals surface area contributed by atoms with E-state index in [9.17, 15) is 13.2 Å². The van der Waals surface area contributed by atoms with Gasteiger partial charge in [0.15, 0.2) is 5.76 Å². The van der Waals surface area contributed by atoms with Gasteiger partial charge in [-0.15, -0.1) is 0 Å². The second-order valence-corrected chi connectivity index (χ2v) is 9.89. The highest BCUT2D eigenvalue weighted by Gasteiger charge is 2.24. The largest absolute Gasteiger partial charge is 0.497 e. The maximum Gasteiger partial charge on any atom is 0.291 e. The number of furan rings is 1. The van der Waals surface area contributed by atoms with Crippen molar-refractivity contribution in [2.45, 2.75) is 9.79 Å². The molecule has 5 rings (SSSR count). The molecule has 0 saturated carbocycles. The number of amides is 1. The number of fused-ring (bicyclic) bond motifs is 1. The van der Waals surface area contributed by atoms with Crippen LogP contribution in [0.3, 0.4) is 0 Å². The van der Waals surface area contributed by atoms with Crippen molar-refractivity contribution in [1.29, 1.82) is 0 Å². The number of hydrogen-bond donors (Lipinski definition) is 1. The summed E-state index contributed by atoms with van der Waals surface area (Å²) in [5.74, 6) is 0.383. The molecule has 3 aromatic carbocycles. The van der Waals surface area contributed by atoms with Gasteiger partial charge in [0.1, 0.15) is 5.75 Å². The number of hydrogen-bond acceptors (Lipinski definition) is 5. The van der Waals surface area contributed by atoms with Gasteiger partial charge in [-0.25, -0.2) is 8.42 Å². The molecule has 35 heavy (non-hydrogen) atoms. The number of aromatic nitrogens is 1. The maximum absolute atomic E-state index is 13.7. The molecule has 2 heterocycles. The Kier molecular flexibility index (Phi) is 5.66. The Bertz CT molecular complexity index is 1620. The lowest BCUT2D eigenvalue weighted by atomic mass is 10.1. The van der Waals surface area contributed by atoms with E-state index in [1.165, 1.54) is 12.3 Å². The maximum atomic E-state index is 13.7. The molecular formula is C27H22N2O5S. The van der Waals surface area contributed by atoms with Gasteiger partial charge >= 0.3 is 0 Å². The monoisotopic (exact) mass is 486 g/mol. The molecule has 0 aliphatic rings. The highest BCUT2D eigenvalue weighted by Crippen LogP contribution is 2.36. The van der Waals surface area contributed by atoms with Crippen LogP contribution in [0.5, 0.6) is 5.75 Å². The zero-order valence-corrected chi connectivity index (χ0v) is 19.9. The number of aryl methyl sites for hydroxylation is 1. The lowest BCUT2D eigenvalue weighted by Gasteiger charge is -2.11. The summed E-state index contributed by atoms with van der Waals surface area (Å²) in [6, 6.07) is 24.0. The van der Waals surface area contributed by atoms with Gasteiger partial charge in [-0.05, 0) is 72.3 Å². The van der Waals surface area contributed by atoms with Crippen LogP contribution in [0.1, 0.15) is 10.6 Å². The summed E-state index contributed by atoms with van der Waals surface area (Å²) in [5, 5.41) is 3.32. The number of nitrogens with one attached hydrogen (secondary N) is 1. The summed E-state index contributed by atoms with van der Waals surface area (Å²) in [6.07, 6.45) is 1.40. The van der Waals surface area contributed by atoms with E-state index in [1.807, 2.05) is 41.9 Å². The number of rotatable bonds is 6. The molecule has 0 bridgehead atoms. The van der Waals surface area contributed by atoms with Crippen molar-refractivity contribution in [3.63, 3.8) is 0 Å². The molecule has 2 aromatic heterocycles. The minimum Gasteiger partial charge on any atom is -0.497 e. The summed E-state index contributed by atoms with van der Waals surface area (Å²) in [6.45, 7) is 0. The van der Waals surface area contributed by atoms with Crippen molar-refractivity contribution < 1.29 is 22.4 Å². The number of carbonyl (C=O) groups is 1. The van der Waals surface area contributed by atoms with E-state index in [0.29, 0.717) is 16.6 Å². The number of methoxy groups -OCH3 is 1. The molecule has 0 atom stereocenters. The van der Waals surface area contributed by atoms with E-state index in [2.05, 4.69) is 5.32 Å². The molecular weight excluding hydrogens is 464 g/mol. The van der Waals surface area contributed by atoms with Crippen LogP contribution in [0.2, 0.25) is 0 Å². The molecule has 0 aliphatic carbocycles. The summed E-state index contributed by atoms with van der Waals surface area (Å²) >= 11 is 0. The predicted octanol–water partition coefficient (Wildman–Crippen LogP) is 5.53. The molecule has 176 valence electrons. The first-order valence-corrected chi connectivity index (χ1v) is 12.3. The Morgan fingerprint density at radius 2 is 1.69 bits per heavy atom. The molecule has 0 aliphatic heterocycles. The lowest BCUT2D eigenvalue weighted by Crippen LogP contribution is -2.12. The highest BCUT2D eigenvalue weighted by atomic mass is 32.2. The van der Waals surface area contributed by atoms with Crippen LogP contribution in [0.15, 0.2) is 105 Å². The van der Waals surface area contributed by atoms with Crippen LogP contribution in [0.4, 0.5) is 5.69 Å². The third-order valence-electron chi connectivity index (χ3n) is 5.86. The first-order valence-electron chi connectivity index (χ1n) is 10.8. The number of carbonyl (C=O) groups excluding carboxylic acids is 1. The van der Waals surface area contributed by atoms with Crippen molar-refractivity contribution in [2.24, 2.45) is 7.05 Å². The fraction of sp³-hybridized carbons (Fsp3) is 0.0741. The van der Waals surface area contributed by atoms with Crippen LogP contribution in [-0.2, 0) is 16.9 Å². The minimum atomic E-state index is -3.88. The smallest absolute Gasteiger partial charge is 0.291 e. The van der Waals surface area contributed by atoms with Gasteiger partial charge in [0.05, 0.1) is 28.7 Å². The number of nitrogens with zero attached hydrogens (tertiary/aromatic N) is 1. The van der Waals surface area contributed by atoms with Gasteiger partial charge in [0.2, 0.25) is 9.84 Å². The fourth-order valence-corrected chi connectivity index (χ4v) is 5.56. The lowest BCUT2D eigenvalue weighted by molar-refractivity contribution is 0.0996. The zero-order chi connectivity index (χ0) is 24.6. The van der Waals surface area contributed by atoms with Crippen LogP contribution in [-0.4, -0.2) is 26.0 Å². The minimum absolute atomic E-state index is 0.103. The van der Waals surface area contributed by atoms with Crippen molar-refractivity contribution >= 4 is 32.3 Å². The second-order valence-electron chi connectivity index (χ2n) is 7.97. The van der Waals surface area contributed by atoms with E-state index in [1.54, 1.807) is 55.6 Å². The molecule has 8 heteroatoms. The Balaban J connectivity index is 1.71. The van der Waals surface area contributed by atoms with Crippen LogP contribution in [0, 0.1) is 0 Å². The van der Waals surface area contributed by atoms with E-state index in [-0.39, 0.29) is 15.6 Å². The van der Waals surface area contributed by atoms with E-state index in [4.69, 9.17) is 9.15 Å². The van der Waals surface area contributed by atoms with Crippen molar-refractivity contribution in [1.82, 2.24) is 4.57 Å². The Labute approximate surface area is 202 Å². The first-order chi connectivity index (χ1) is 16.9.